The van der Waals surface area contributed by atoms with E-state index in [1.165, 1.54) is 12.2 Å². The second-order valence-electron chi connectivity index (χ2n) is 3.20. The maximum Gasteiger partial charge on any atom is 0.237 e. The molecule has 14 heavy (non-hydrogen) atoms. The molecule has 80 valence electrons. The average Bonchev–Trinajstić information content (AvgIpc) is 2.21. The minimum atomic E-state index is -0.527. The van der Waals surface area contributed by atoms with Crippen molar-refractivity contribution in [3.8, 4) is 6.07 Å². The van der Waals surface area contributed by atoms with E-state index in [2.05, 4.69) is 11.6 Å². The third-order valence-corrected chi connectivity index (χ3v) is 2.61. The second kappa shape index (κ2) is 8.89. The van der Waals surface area contributed by atoms with E-state index in [0.717, 1.165) is 12.8 Å². The van der Waals surface area contributed by atoms with Crippen LogP contribution >= 0.6 is 11.8 Å². The quantitative estimate of drug-likeness (QED) is 0.657. The van der Waals surface area contributed by atoms with Crippen LogP contribution in [0.3, 0.4) is 0 Å². The molecule has 0 aromatic heterocycles. The van der Waals surface area contributed by atoms with E-state index in [4.69, 9.17) is 5.26 Å². The number of unbranched alkanes of at least 4 members (excludes halogenated alkanes) is 2. The molecule has 0 saturated carbocycles. The van der Waals surface area contributed by atoms with Crippen LogP contribution in [0.2, 0.25) is 0 Å². The van der Waals surface area contributed by atoms with Gasteiger partial charge in [-0.3, -0.25) is 4.79 Å². The van der Waals surface area contributed by atoms with Gasteiger partial charge in [0.2, 0.25) is 5.91 Å². The number of hydrogen-bond acceptors (Lipinski definition) is 3. The highest BCUT2D eigenvalue weighted by Crippen LogP contribution is 2.01. The zero-order chi connectivity index (χ0) is 10.8. The molecular formula is C10H18N2OS. The van der Waals surface area contributed by atoms with Gasteiger partial charge in [0.1, 0.15) is 5.92 Å². The van der Waals surface area contributed by atoms with E-state index in [1.807, 2.05) is 17.8 Å². The van der Waals surface area contributed by atoms with E-state index in [1.54, 1.807) is 6.92 Å². The zero-order valence-corrected chi connectivity index (χ0v) is 9.69. The van der Waals surface area contributed by atoms with Gasteiger partial charge in [-0.05, 0) is 31.8 Å². The summed E-state index contributed by atoms with van der Waals surface area (Å²) in [5, 5.41) is 11.2. The first-order valence-corrected chi connectivity index (χ1v) is 6.28. The van der Waals surface area contributed by atoms with Gasteiger partial charge in [-0.1, -0.05) is 6.42 Å². The first-order valence-electron chi connectivity index (χ1n) is 4.88. The van der Waals surface area contributed by atoms with Crippen LogP contribution in [-0.2, 0) is 4.79 Å². The molecule has 0 rings (SSSR count). The van der Waals surface area contributed by atoms with Gasteiger partial charge in [-0.25, -0.2) is 0 Å². The van der Waals surface area contributed by atoms with E-state index in [9.17, 15) is 4.79 Å². The molecule has 3 nitrogen and oxygen atoms in total. The third-order valence-electron chi connectivity index (χ3n) is 1.91. The van der Waals surface area contributed by atoms with Crippen molar-refractivity contribution in [2.24, 2.45) is 5.92 Å². The molecule has 0 heterocycles. The van der Waals surface area contributed by atoms with Crippen molar-refractivity contribution in [1.29, 1.82) is 5.26 Å². The average molecular weight is 214 g/mol. The lowest BCUT2D eigenvalue weighted by Gasteiger charge is -2.05. The highest BCUT2D eigenvalue weighted by atomic mass is 32.2. The number of nitrogens with zero attached hydrogens (tertiary/aromatic N) is 1. The number of rotatable bonds is 7. The fourth-order valence-electron chi connectivity index (χ4n) is 0.971. The molecule has 0 aliphatic heterocycles. The summed E-state index contributed by atoms with van der Waals surface area (Å²) < 4.78 is 0. The Labute approximate surface area is 90.3 Å². The molecule has 1 N–H and O–H groups in total. The van der Waals surface area contributed by atoms with Crippen molar-refractivity contribution >= 4 is 17.7 Å². The van der Waals surface area contributed by atoms with Crippen LogP contribution in [0.25, 0.3) is 0 Å². The molecular weight excluding hydrogens is 196 g/mol. The monoisotopic (exact) mass is 214 g/mol. The molecule has 0 aliphatic carbocycles. The lowest BCUT2D eigenvalue weighted by atomic mass is 10.2. The molecule has 0 aliphatic rings. The van der Waals surface area contributed by atoms with Gasteiger partial charge in [-0.15, -0.1) is 0 Å². The van der Waals surface area contributed by atoms with Crippen LogP contribution in [-0.4, -0.2) is 24.5 Å². The maximum atomic E-state index is 11.1. The minimum absolute atomic E-state index is 0.155. The largest absolute Gasteiger partial charge is 0.355 e. The maximum absolute atomic E-state index is 11.1. The molecule has 0 radical (unpaired) electrons. The standard InChI is InChI=1S/C10H18N2OS/c1-9(8-11)10(13)12-6-4-3-5-7-14-2/h9H,3-7H2,1-2H3,(H,12,13). The Bertz CT molecular complexity index is 201. The summed E-state index contributed by atoms with van der Waals surface area (Å²) in [5.74, 6) is 0.501. The number of nitriles is 1. The predicted molar refractivity (Wildman–Crippen MR) is 60.0 cm³/mol. The lowest BCUT2D eigenvalue weighted by Crippen LogP contribution is -2.29. The van der Waals surface area contributed by atoms with Gasteiger partial charge in [0.05, 0.1) is 6.07 Å². The van der Waals surface area contributed by atoms with E-state index in [-0.39, 0.29) is 5.91 Å². The molecule has 0 aromatic carbocycles. The number of thioether (sulfide) groups is 1. The number of nitrogens with one attached hydrogen (secondary N) is 1. The van der Waals surface area contributed by atoms with Crippen LogP contribution in [0.4, 0.5) is 0 Å². The zero-order valence-electron chi connectivity index (χ0n) is 8.88. The van der Waals surface area contributed by atoms with Crippen molar-refractivity contribution in [3.05, 3.63) is 0 Å². The molecule has 0 saturated heterocycles. The van der Waals surface area contributed by atoms with Gasteiger partial charge >= 0.3 is 0 Å². The summed E-state index contributed by atoms with van der Waals surface area (Å²) in [6.45, 7) is 2.31. The Morgan fingerprint density at radius 2 is 2.21 bits per heavy atom. The topological polar surface area (TPSA) is 52.9 Å². The Hall–Kier alpha value is -0.690. The number of hydrogen-bond donors (Lipinski definition) is 1. The van der Waals surface area contributed by atoms with Gasteiger partial charge in [0.15, 0.2) is 0 Å². The Kier molecular flexibility index (Phi) is 8.45. The van der Waals surface area contributed by atoms with E-state index in [0.29, 0.717) is 6.54 Å². The summed E-state index contributed by atoms with van der Waals surface area (Å²) >= 11 is 1.84. The summed E-state index contributed by atoms with van der Waals surface area (Å²) in [7, 11) is 0. The van der Waals surface area contributed by atoms with Crippen LogP contribution < -0.4 is 5.32 Å². The number of carbonyl (C=O) groups is 1. The van der Waals surface area contributed by atoms with Crippen LogP contribution in [0.5, 0.6) is 0 Å². The molecule has 4 heteroatoms. The molecule has 0 fully saturated rings. The van der Waals surface area contributed by atoms with Gasteiger partial charge in [-0.2, -0.15) is 17.0 Å². The summed E-state index contributed by atoms with van der Waals surface area (Å²) in [4.78, 5) is 11.1. The minimum Gasteiger partial charge on any atom is -0.355 e. The van der Waals surface area contributed by atoms with Gasteiger partial charge in [0.25, 0.3) is 0 Å². The lowest BCUT2D eigenvalue weighted by molar-refractivity contribution is -0.122. The first-order chi connectivity index (χ1) is 6.72. The van der Waals surface area contributed by atoms with Crippen molar-refractivity contribution < 1.29 is 4.79 Å². The van der Waals surface area contributed by atoms with Crippen molar-refractivity contribution in [1.82, 2.24) is 5.32 Å². The third kappa shape index (κ3) is 6.79. The molecule has 0 bridgehead atoms. The van der Waals surface area contributed by atoms with Crippen LogP contribution in [0.1, 0.15) is 26.2 Å². The van der Waals surface area contributed by atoms with Crippen molar-refractivity contribution in [3.63, 3.8) is 0 Å². The Balaban J connectivity index is 3.28. The molecule has 1 amide bonds. The predicted octanol–water partition coefficient (Wildman–Crippen LogP) is 1.80. The van der Waals surface area contributed by atoms with E-state index < -0.39 is 5.92 Å². The summed E-state index contributed by atoms with van der Waals surface area (Å²) in [6.07, 6.45) is 5.44. The second-order valence-corrected chi connectivity index (χ2v) is 4.18. The fourth-order valence-corrected chi connectivity index (χ4v) is 1.46. The van der Waals surface area contributed by atoms with Crippen LogP contribution in [0.15, 0.2) is 0 Å². The number of amides is 1. The highest BCUT2D eigenvalue weighted by molar-refractivity contribution is 7.98. The highest BCUT2D eigenvalue weighted by Gasteiger charge is 2.09. The normalized spacial score (nSPS) is 11.8. The van der Waals surface area contributed by atoms with Crippen molar-refractivity contribution in [2.45, 2.75) is 26.2 Å². The summed E-state index contributed by atoms with van der Waals surface area (Å²) in [5.41, 5.74) is 0. The fraction of sp³-hybridized carbons (Fsp3) is 0.800. The SMILES string of the molecule is CSCCCCCNC(=O)C(C)C#N. The molecule has 0 aromatic rings. The smallest absolute Gasteiger partial charge is 0.237 e. The van der Waals surface area contributed by atoms with Crippen molar-refractivity contribution in [2.75, 3.05) is 18.6 Å². The molecule has 0 spiro atoms. The number of carbonyl (C=O) groups excluding carboxylic acids is 1. The molecule has 1 unspecified atom stereocenters. The first kappa shape index (κ1) is 13.3. The summed E-state index contributed by atoms with van der Waals surface area (Å²) in [6, 6.07) is 1.91. The molecule has 1 atom stereocenters. The Morgan fingerprint density at radius 3 is 2.79 bits per heavy atom. The Morgan fingerprint density at radius 1 is 1.50 bits per heavy atom. The van der Waals surface area contributed by atoms with Gasteiger partial charge < -0.3 is 5.32 Å². The van der Waals surface area contributed by atoms with E-state index >= 15 is 0 Å². The van der Waals surface area contributed by atoms with Crippen LogP contribution in [0, 0.1) is 17.2 Å². The van der Waals surface area contributed by atoms with Gasteiger partial charge in [0, 0.05) is 6.54 Å².